The molecule has 0 saturated carbocycles. The van der Waals surface area contributed by atoms with Crippen LogP contribution < -0.4 is 19.5 Å². The van der Waals surface area contributed by atoms with Crippen molar-refractivity contribution in [2.24, 2.45) is 0 Å². The molecular formula is C36H39NO6. The monoisotopic (exact) mass is 581 g/mol. The van der Waals surface area contributed by atoms with Crippen molar-refractivity contribution in [1.82, 2.24) is 5.32 Å². The van der Waals surface area contributed by atoms with E-state index in [0.29, 0.717) is 60.0 Å². The van der Waals surface area contributed by atoms with Crippen molar-refractivity contribution in [3.05, 3.63) is 112 Å². The third-order valence-corrected chi connectivity index (χ3v) is 8.28. The minimum atomic E-state index is -0.626. The van der Waals surface area contributed by atoms with Gasteiger partial charge in [-0.05, 0) is 61.9 Å². The third kappa shape index (κ3) is 6.31. The van der Waals surface area contributed by atoms with Crippen LogP contribution in [0.3, 0.4) is 0 Å². The number of allylic oxidation sites excluding steroid dienone is 3. The van der Waals surface area contributed by atoms with Gasteiger partial charge in [-0.25, -0.2) is 4.79 Å². The number of ether oxygens (including phenoxy) is 4. The molecule has 1 aliphatic heterocycles. The van der Waals surface area contributed by atoms with Crippen molar-refractivity contribution in [1.29, 1.82) is 0 Å². The highest BCUT2D eigenvalue weighted by Gasteiger charge is 2.42. The van der Waals surface area contributed by atoms with Gasteiger partial charge >= 0.3 is 5.97 Å². The van der Waals surface area contributed by atoms with Gasteiger partial charge in [-0.3, -0.25) is 4.79 Å². The Morgan fingerprint density at radius 3 is 2.37 bits per heavy atom. The molecule has 224 valence electrons. The molecule has 1 heterocycles. The molecule has 7 heteroatoms. The number of carbonyl (C=O) groups is 2. The van der Waals surface area contributed by atoms with Crippen LogP contribution in [0.5, 0.6) is 17.2 Å². The van der Waals surface area contributed by atoms with Crippen LogP contribution >= 0.6 is 0 Å². The lowest BCUT2D eigenvalue weighted by atomic mass is 9.71. The summed E-state index contributed by atoms with van der Waals surface area (Å²) in [5.74, 6) is 0.753. The quantitative estimate of drug-likeness (QED) is 0.259. The van der Waals surface area contributed by atoms with E-state index >= 15 is 0 Å². The number of esters is 1. The van der Waals surface area contributed by atoms with E-state index in [9.17, 15) is 9.59 Å². The van der Waals surface area contributed by atoms with Gasteiger partial charge in [-0.2, -0.15) is 0 Å². The maximum atomic E-state index is 14.1. The molecule has 0 spiro atoms. The minimum absolute atomic E-state index is 0.0160. The van der Waals surface area contributed by atoms with Gasteiger partial charge in [-0.15, -0.1) is 0 Å². The van der Waals surface area contributed by atoms with Crippen molar-refractivity contribution in [2.75, 3.05) is 14.2 Å². The van der Waals surface area contributed by atoms with Gasteiger partial charge in [0.25, 0.3) is 0 Å². The number of nitrogens with one attached hydrogen (secondary N) is 1. The van der Waals surface area contributed by atoms with E-state index in [4.69, 9.17) is 18.9 Å². The Labute approximate surface area is 253 Å². The molecule has 2 aliphatic rings. The molecule has 0 fully saturated rings. The molecule has 0 unspecified atom stereocenters. The van der Waals surface area contributed by atoms with Gasteiger partial charge in [0.2, 0.25) is 0 Å². The summed E-state index contributed by atoms with van der Waals surface area (Å²) in [6.07, 6.45) is 1.33. The van der Waals surface area contributed by atoms with Gasteiger partial charge in [0.05, 0.1) is 31.8 Å². The fourth-order valence-electron chi connectivity index (χ4n) is 5.88. The van der Waals surface area contributed by atoms with E-state index in [1.165, 1.54) is 0 Å². The van der Waals surface area contributed by atoms with E-state index in [2.05, 4.69) is 5.32 Å². The summed E-state index contributed by atoms with van der Waals surface area (Å²) in [6, 6.07) is 23.4. The van der Waals surface area contributed by atoms with E-state index in [1.54, 1.807) is 14.2 Å². The molecule has 7 nitrogen and oxygen atoms in total. The molecule has 1 aliphatic carbocycles. The van der Waals surface area contributed by atoms with Gasteiger partial charge in [0, 0.05) is 29.0 Å². The van der Waals surface area contributed by atoms with Crippen molar-refractivity contribution < 1.29 is 28.5 Å². The Morgan fingerprint density at radius 2 is 1.65 bits per heavy atom. The van der Waals surface area contributed by atoms with Crippen LogP contribution in [-0.2, 0) is 20.9 Å². The molecule has 1 N–H and O–H groups in total. The Hall–Kier alpha value is -4.52. The largest absolute Gasteiger partial charge is 0.493 e. The van der Waals surface area contributed by atoms with Crippen LogP contribution in [0.1, 0.15) is 68.6 Å². The SMILES string of the molecule is CC[C@H](C)OC(=O)C1=C(C)NC2=C(C(=O)C[C@H](c3ccc(OC)c(OC)c3)C2)[C@H]1c1ccccc1OCc1ccccc1. The average Bonchev–Trinajstić information content (AvgIpc) is 3.03. The first-order chi connectivity index (χ1) is 20.8. The van der Waals surface area contributed by atoms with E-state index in [0.717, 1.165) is 22.4 Å². The summed E-state index contributed by atoms with van der Waals surface area (Å²) in [5.41, 5.74) is 5.30. The number of Topliss-reactive ketones (excluding diaryl/α,β-unsaturated/α-hetero) is 1. The lowest BCUT2D eigenvalue weighted by Gasteiger charge is -2.37. The van der Waals surface area contributed by atoms with E-state index < -0.39 is 11.9 Å². The summed E-state index contributed by atoms with van der Waals surface area (Å²) in [4.78, 5) is 27.9. The standard InChI is InChI=1S/C36H39NO6/c1-6-22(2)43-36(39)33-23(3)37-28-18-26(25-16-17-31(40-4)32(20-25)41-5)19-29(38)35(28)34(33)27-14-10-11-15-30(27)42-21-24-12-8-7-9-13-24/h7-17,20,22,26,34,37H,6,18-19,21H2,1-5H3/t22-,26+,34-/m0/s1. The first kappa shape index (κ1) is 30.0. The summed E-state index contributed by atoms with van der Waals surface area (Å²) >= 11 is 0. The zero-order valence-electron chi connectivity index (χ0n) is 25.4. The second-order valence-corrected chi connectivity index (χ2v) is 11.1. The Morgan fingerprint density at radius 1 is 0.930 bits per heavy atom. The molecule has 0 aromatic heterocycles. The van der Waals surface area contributed by atoms with E-state index in [-0.39, 0.29) is 17.8 Å². The number of dihydropyridines is 1. The Bertz CT molecular complexity index is 1560. The summed E-state index contributed by atoms with van der Waals surface area (Å²) < 4.78 is 23.1. The second kappa shape index (κ2) is 13.2. The average molecular weight is 582 g/mol. The number of hydrogen-bond acceptors (Lipinski definition) is 7. The van der Waals surface area contributed by atoms with Crippen LogP contribution in [0.2, 0.25) is 0 Å². The fourth-order valence-corrected chi connectivity index (χ4v) is 5.88. The highest BCUT2D eigenvalue weighted by molar-refractivity contribution is 6.04. The normalized spacial score (nSPS) is 18.9. The molecule has 0 saturated heterocycles. The lowest BCUT2D eigenvalue weighted by Crippen LogP contribution is -2.36. The van der Waals surface area contributed by atoms with Crippen LogP contribution in [-0.4, -0.2) is 32.1 Å². The smallest absolute Gasteiger partial charge is 0.337 e. The molecule has 0 amide bonds. The molecule has 0 bridgehead atoms. The van der Waals surface area contributed by atoms with Gasteiger partial charge in [-0.1, -0.05) is 61.5 Å². The van der Waals surface area contributed by atoms with Crippen molar-refractivity contribution in [3.8, 4) is 17.2 Å². The molecule has 5 rings (SSSR count). The van der Waals surface area contributed by atoms with Crippen LogP contribution in [0, 0.1) is 0 Å². The topological polar surface area (TPSA) is 83.1 Å². The van der Waals surface area contributed by atoms with Crippen LogP contribution in [0.15, 0.2) is 95.3 Å². The molecule has 43 heavy (non-hydrogen) atoms. The van der Waals surface area contributed by atoms with Crippen molar-refractivity contribution in [2.45, 2.75) is 64.6 Å². The summed E-state index contributed by atoms with van der Waals surface area (Å²) in [6.45, 7) is 6.09. The summed E-state index contributed by atoms with van der Waals surface area (Å²) in [7, 11) is 3.21. The van der Waals surface area contributed by atoms with Gasteiger partial charge < -0.3 is 24.3 Å². The molecule has 3 aromatic rings. The van der Waals surface area contributed by atoms with Crippen LogP contribution in [0.4, 0.5) is 0 Å². The van der Waals surface area contributed by atoms with Crippen LogP contribution in [0.25, 0.3) is 0 Å². The third-order valence-electron chi connectivity index (χ3n) is 8.28. The van der Waals surface area contributed by atoms with Gasteiger partial charge in [0.1, 0.15) is 12.4 Å². The van der Waals surface area contributed by atoms with E-state index in [1.807, 2.05) is 93.6 Å². The number of para-hydroxylation sites is 1. The maximum Gasteiger partial charge on any atom is 0.337 e. The number of ketones is 1. The van der Waals surface area contributed by atoms with Gasteiger partial charge in [0.15, 0.2) is 17.3 Å². The number of rotatable bonds is 10. The molecular weight excluding hydrogens is 542 g/mol. The van der Waals surface area contributed by atoms with Crippen molar-refractivity contribution in [3.63, 3.8) is 0 Å². The molecule has 3 aromatic carbocycles. The predicted molar refractivity (Wildman–Crippen MR) is 165 cm³/mol. The Balaban J connectivity index is 1.56. The zero-order valence-corrected chi connectivity index (χ0v) is 25.4. The van der Waals surface area contributed by atoms with Crippen molar-refractivity contribution >= 4 is 11.8 Å². The number of hydrogen-bond donors (Lipinski definition) is 1. The number of benzene rings is 3. The Kier molecular flexibility index (Phi) is 9.19. The zero-order chi connectivity index (χ0) is 30.5. The summed E-state index contributed by atoms with van der Waals surface area (Å²) in [5, 5.41) is 3.44. The lowest BCUT2D eigenvalue weighted by molar-refractivity contribution is -0.144. The maximum absolute atomic E-state index is 14.1. The number of methoxy groups -OCH3 is 2. The highest BCUT2D eigenvalue weighted by Crippen LogP contribution is 2.48. The first-order valence-corrected chi connectivity index (χ1v) is 14.8. The highest BCUT2D eigenvalue weighted by atomic mass is 16.5. The predicted octanol–water partition coefficient (Wildman–Crippen LogP) is 6.99. The molecule has 0 radical (unpaired) electrons. The first-order valence-electron chi connectivity index (χ1n) is 14.8. The number of carbonyl (C=O) groups excluding carboxylic acids is 2. The second-order valence-electron chi connectivity index (χ2n) is 11.1. The fraction of sp³-hybridized carbons (Fsp3) is 0.333. The minimum Gasteiger partial charge on any atom is -0.493 e. The molecule has 3 atom stereocenters.